The smallest absolute Gasteiger partial charge is 0.343 e. The molecule has 5 rings (SSSR count). The highest BCUT2D eigenvalue weighted by Gasteiger charge is 2.28. The Hall–Kier alpha value is -2.50. The van der Waals surface area contributed by atoms with Gasteiger partial charge < -0.3 is 4.98 Å². The topological polar surface area (TPSA) is 91.9 Å². The highest BCUT2D eigenvalue weighted by atomic mass is 32.2. The Balaban J connectivity index is 0.000000442. The van der Waals surface area contributed by atoms with Crippen molar-refractivity contribution in [1.29, 1.82) is 0 Å². The van der Waals surface area contributed by atoms with Gasteiger partial charge in [0.25, 0.3) is 0 Å². The predicted molar refractivity (Wildman–Crippen MR) is 158 cm³/mol. The van der Waals surface area contributed by atoms with E-state index >= 15 is 0 Å². The molecular weight excluding hydrogens is 559 g/mol. The normalized spacial score (nSPS) is 18.8. The standard InChI is InChI=1S/C21H23N3O3S2.C4H5F3.2C2H6/c25-28-11-9-16(13-28)24-29(26,27)17-6-4-14(5-7-17)18-8-10-22-21-19(18)12-20(23-21)15-2-1-3-15;1-3(2)4(5,6)7;2*1-2/h4-8,10,12,15-16,24H,1-3,9,11,13H2,(H,22,23);1H2,2H3;2*1-2H3. The Morgan fingerprint density at radius 3 is 2.15 bits per heavy atom. The Kier molecular flexibility index (Phi) is 12.6. The van der Waals surface area contributed by atoms with Gasteiger partial charge in [-0.1, -0.05) is 52.8 Å². The summed E-state index contributed by atoms with van der Waals surface area (Å²) < 4.78 is 72.7. The van der Waals surface area contributed by atoms with Gasteiger partial charge in [0.1, 0.15) is 5.65 Å². The SMILES string of the molecule is C=C(C)C(F)(F)F.CC.CC.O=S1CCC(NS(=O)(=O)c2ccc(-c3ccnc4[nH]c(C5CCC5)cc34)cc2)C1. The van der Waals surface area contributed by atoms with E-state index in [0.29, 0.717) is 23.8 Å². The lowest BCUT2D eigenvalue weighted by Crippen LogP contribution is -2.35. The van der Waals surface area contributed by atoms with Crippen LogP contribution in [-0.2, 0) is 20.8 Å². The van der Waals surface area contributed by atoms with Crippen LogP contribution < -0.4 is 4.72 Å². The summed E-state index contributed by atoms with van der Waals surface area (Å²) in [5, 5.41) is 1.07. The molecule has 2 N–H and O–H groups in total. The molecule has 11 heteroatoms. The van der Waals surface area contributed by atoms with Gasteiger partial charge in [-0.3, -0.25) is 4.21 Å². The molecule has 2 atom stereocenters. The van der Waals surface area contributed by atoms with Crippen molar-refractivity contribution in [3.8, 4) is 11.1 Å². The average Bonchev–Trinajstić information content (AvgIpc) is 3.50. The second-order valence-electron chi connectivity index (χ2n) is 9.19. The lowest BCUT2D eigenvalue weighted by molar-refractivity contribution is -0.0909. The van der Waals surface area contributed by atoms with Gasteiger partial charge in [-0.2, -0.15) is 13.2 Å². The minimum atomic E-state index is -4.19. The van der Waals surface area contributed by atoms with Crippen LogP contribution in [0.3, 0.4) is 0 Å². The van der Waals surface area contributed by atoms with E-state index < -0.39 is 32.6 Å². The minimum absolute atomic E-state index is 0.230. The second kappa shape index (κ2) is 14.9. The molecule has 3 aromatic rings. The van der Waals surface area contributed by atoms with E-state index in [1.54, 1.807) is 18.3 Å². The number of alkyl halides is 3. The van der Waals surface area contributed by atoms with Crippen LogP contribution in [-0.4, -0.2) is 46.3 Å². The predicted octanol–water partition coefficient (Wildman–Crippen LogP) is 7.47. The number of allylic oxidation sites excluding steroid dienone is 1. The largest absolute Gasteiger partial charge is 0.411 e. The lowest BCUT2D eigenvalue weighted by Gasteiger charge is -2.23. The summed E-state index contributed by atoms with van der Waals surface area (Å²) in [6.07, 6.45) is 1.93. The number of pyridine rings is 1. The summed E-state index contributed by atoms with van der Waals surface area (Å²) in [6.45, 7) is 11.6. The van der Waals surface area contributed by atoms with Gasteiger partial charge in [0.2, 0.25) is 10.0 Å². The minimum Gasteiger partial charge on any atom is -0.343 e. The maximum atomic E-state index is 12.6. The number of aromatic amines is 1. The number of rotatable bonds is 5. The summed E-state index contributed by atoms with van der Waals surface area (Å²) in [4.78, 5) is 8.14. The number of nitrogens with one attached hydrogen (secondary N) is 2. The third kappa shape index (κ3) is 8.75. The molecule has 3 heterocycles. The molecule has 2 aromatic heterocycles. The third-order valence-electron chi connectivity index (χ3n) is 6.46. The van der Waals surface area contributed by atoms with Crippen LogP contribution in [0.15, 0.2) is 59.6 Å². The molecule has 40 heavy (non-hydrogen) atoms. The van der Waals surface area contributed by atoms with E-state index in [9.17, 15) is 25.8 Å². The molecule has 1 aliphatic heterocycles. The van der Waals surface area contributed by atoms with Crippen LogP contribution >= 0.6 is 0 Å². The molecule has 2 aliphatic rings. The quantitative estimate of drug-likeness (QED) is 0.298. The summed E-state index contributed by atoms with van der Waals surface area (Å²) in [6, 6.07) is 10.9. The number of sulfonamides is 1. The summed E-state index contributed by atoms with van der Waals surface area (Å²) in [5.74, 6) is 1.55. The summed E-state index contributed by atoms with van der Waals surface area (Å²) in [7, 11) is -4.53. The summed E-state index contributed by atoms with van der Waals surface area (Å²) >= 11 is 0. The Bertz CT molecular complexity index is 1380. The molecule has 0 radical (unpaired) electrons. The van der Waals surface area contributed by atoms with Crippen molar-refractivity contribution in [1.82, 2.24) is 14.7 Å². The van der Waals surface area contributed by atoms with Gasteiger partial charge >= 0.3 is 6.18 Å². The molecule has 222 valence electrons. The van der Waals surface area contributed by atoms with Gasteiger partial charge in [-0.05, 0) is 67.5 Å². The number of aromatic nitrogens is 2. The Morgan fingerprint density at radius 1 is 1.07 bits per heavy atom. The zero-order chi connectivity index (χ0) is 30.1. The molecule has 1 saturated carbocycles. The molecule has 0 bridgehead atoms. The van der Waals surface area contributed by atoms with Crippen molar-refractivity contribution in [3.63, 3.8) is 0 Å². The first-order valence-electron chi connectivity index (χ1n) is 13.6. The van der Waals surface area contributed by atoms with E-state index in [1.165, 1.54) is 25.0 Å². The number of nitrogens with zero attached hydrogens (tertiary/aromatic N) is 1. The number of hydrogen-bond acceptors (Lipinski definition) is 4. The van der Waals surface area contributed by atoms with Gasteiger partial charge in [0.05, 0.1) is 4.90 Å². The molecule has 6 nitrogen and oxygen atoms in total. The van der Waals surface area contributed by atoms with Gasteiger partial charge in [-0.25, -0.2) is 18.1 Å². The van der Waals surface area contributed by atoms with Crippen LogP contribution in [0.2, 0.25) is 0 Å². The van der Waals surface area contributed by atoms with Crippen LogP contribution in [0.5, 0.6) is 0 Å². The van der Waals surface area contributed by atoms with Crippen molar-refractivity contribution in [3.05, 3.63) is 60.4 Å². The number of halogens is 3. The first-order chi connectivity index (χ1) is 18.9. The number of hydrogen-bond donors (Lipinski definition) is 2. The maximum Gasteiger partial charge on any atom is 0.411 e. The first-order valence-corrected chi connectivity index (χ1v) is 16.6. The Morgan fingerprint density at radius 2 is 1.68 bits per heavy atom. The third-order valence-corrected chi connectivity index (χ3v) is 9.46. The number of fused-ring (bicyclic) bond motifs is 1. The second-order valence-corrected chi connectivity index (χ2v) is 12.5. The van der Waals surface area contributed by atoms with Crippen molar-refractivity contribution >= 4 is 31.9 Å². The zero-order valence-electron chi connectivity index (χ0n) is 23.8. The zero-order valence-corrected chi connectivity index (χ0v) is 25.4. The fourth-order valence-electron chi connectivity index (χ4n) is 4.10. The highest BCUT2D eigenvalue weighted by Crippen LogP contribution is 2.38. The van der Waals surface area contributed by atoms with Crippen molar-refractivity contribution in [2.45, 2.75) is 83.3 Å². The first kappa shape index (κ1) is 33.7. The fourth-order valence-corrected chi connectivity index (χ4v) is 6.89. The number of benzene rings is 1. The van der Waals surface area contributed by atoms with Gasteiger partial charge in [0.15, 0.2) is 0 Å². The van der Waals surface area contributed by atoms with Gasteiger partial charge in [-0.15, -0.1) is 0 Å². The van der Waals surface area contributed by atoms with E-state index in [1.807, 2.05) is 45.9 Å². The monoisotopic (exact) mass is 599 g/mol. The fraction of sp³-hybridized carbons (Fsp3) is 0.483. The maximum absolute atomic E-state index is 12.6. The van der Waals surface area contributed by atoms with Crippen molar-refractivity contribution in [2.75, 3.05) is 11.5 Å². The van der Waals surface area contributed by atoms with Crippen molar-refractivity contribution < 1.29 is 25.8 Å². The van der Waals surface area contributed by atoms with E-state index in [2.05, 4.69) is 27.3 Å². The number of H-pyrrole nitrogens is 1. The van der Waals surface area contributed by atoms with Crippen molar-refractivity contribution in [2.24, 2.45) is 0 Å². The molecule has 2 unspecified atom stereocenters. The average molecular weight is 600 g/mol. The van der Waals surface area contributed by atoms with Gasteiger partial charge in [0, 0.05) is 51.2 Å². The molecule has 2 fully saturated rings. The molecule has 1 saturated heterocycles. The summed E-state index contributed by atoms with van der Waals surface area (Å²) in [5.41, 5.74) is 3.35. The lowest BCUT2D eigenvalue weighted by atomic mass is 9.83. The van der Waals surface area contributed by atoms with E-state index in [4.69, 9.17) is 0 Å². The van der Waals surface area contributed by atoms with E-state index in [-0.39, 0.29) is 10.9 Å². The molecule has 1 aromatic carbocycles. The highest BCUT2D eigenvalue weighted by molar-refractivity contribution is 7.89. The molecule has 1 aliphatic carbocycles. The van der Waals surface area contributed by atoms with E-state index in [0.717, 1.165) is 29.1 Å². The van der Waals surface area contributed by atoms with Crippen LogP contribution in [0.25, 0.3) is 22.2 Å². The van der Waals surface area contributed by atoms with Crippen LogP contribution in [0.1, 0.15) is 71.9 Å². The molecule has 0 spiro atoms. The van der Waals surface area contributed by atoms with Crippen LogP contribution in [0, 0.1) is 0 Å². The Labute approximate surface area is 238 Å². The molecular formula is C29H40F3N3O3S2. The van der Waals surface area contributed by atoms with Crippen LogP contribution in [0.4, 0.5) is 13.2 Å². The molecule has 0 amide bonds.